The third-order valence-corrected chi connectivity index (χ3v) is 5.09. The monoisotopic (exact) mass is 387 g/mol. The standard InChI is InChI=1S/C18H11ClFN3O2S/c1-25-11-7-5-10(6-8-11)16-21-18-23(22-16)17(24)15(26-18)9-12-13(19)3-2-4-14(12)20/h2-9H,1H3. The third-order valence-electron chi connectivity index (χ3n) is 3.81. The van der Waals surface area contributed by atoms with E-state index in [0.717, 1.165) is 22.6 Å². The van der Waals surface area contributed by atoms with Crippen LogP contribution in [0.2, 0.25) is 5.02 Å². The maximum atomic E-state index is 13.9. The Balaban J connectivity index is 1.81. The zero-order valence-electron chi connectivity index (χ0n) is 13.4. The van der Waals surface area contributed by atoms with Gasteiger partial charge in [0.05, 0.1) is 16.7 Å². The summed E-state index contributed by atoms with van der Waals surface area (Å²) in [5.41, 5.74) is 0.575. The fourth-order valence-electron chi connectivity index (χ4n) is 2.48. The molecule has 8 heteroatoms. The third kappa shape index (κ3) is 2.85. The van der Waals surface area contributed by atoms with Crippen LogP contribution in [0, 0.1) is 5.82 Å². The van der Waals surface area contributed by atoms with Crippen molar-refractivity contribution >= 4 is 34.0 Å². The number of benzene rings is 2. The number of ether oxygens (including phenoxy) is 1. The van der Waals surface area contributed by atoms with Crippen LogP contribution >= 0.6 is 22.9 Å². The molecule has 4 aromatic rings. The summed E-state index contributed by atoms with van der Waals surface area (Å²) < 4.78 is 20.6. The Hall–Kier alpha value is -2.77. The highest BCUT2D eigenvalue weighted by atomic mass is 35.5. The van der Waals surface area contributed by atoms with E-state index >= 15 is 0 Å². The Bertz CT molecular complexity index is 1200. The number of aromatic nitrogens is 3. The topological polar surface area (TPSA) is 56.5 Å². The molecule has 0 N–H and O–H groups in total. The Labute approximate surface area is 155 Å². The van der Waals surface area contributed by atoms with Crippen LogP contribution in [0.5, 0.6) is 5.75 Å². The van der Waals surface area contributed by atoms with Crippen LogP contribution in [0.25, 0.3) is 22.4 Å². The molecule has 2 aromatic carbocycles. The lowest BCUT2D eigenvalue weighted by atomic mass is 10.2. The molecule has 0 amide bonds. The molecule has 0 aliphatic carbocycles. The highest BCUT2D eigenvalue weighted by molar-refractivity contribution is 7.15. The Morgan fingerprint density at radius 2 is 2.00 bits per heavy atom. The van der Waals surface area contributed by atoms with Crippen molar-refractivity contribution in [3.8, 4) is 17.1 Å². The van der Waals surface area contributed by atoms with Crippen LogP contribution in [-0.2, 0) is 0 Å². The SMILES string of the molecule is COc1ccc(-c2nc3sc(=Cc4c(F)cccc4Cl)c(=O)n3n2)cc1. The summed E-state index contributed by atoms with van der Waals surface area (Å²) in [5.74, 6) is 0.666. The minimum absolute atomic E-state index is 0.172. The second-order valence-electron chi connectivity index (χ2n) is 5.41. The molecule has 0 aliphatic heterocycles. The molecule has 0 bridgehead atoms. The fraction of sp³-hybridized carbons (Fsp3) is 0.0556. The molecule has 0 saturated carbocycles. The van der Waals surface area contributed by atoms with E-state index in [1.54, 1.807) is 25.3 Å². The molecule has 5 nitrogen and oxygen atoms in total. The number of hydrogen-bond acceptors (Lipinski definition) is 5. The minimum Gasteiger partial charge on any atom is -0.497 e. The molecule has 0 atom stereocenters. The average molecular weight is 388 g/mol. The lowest BCUT2D eigenvalue weighted by Crippen LogP contribution is -2.23. The van der Waals surface area contributed by atoms with Gasteiger partial charge in [-0.05, 0) is 42.5 Å². The van der Waals surface area contributed by atoms with Crippen LogP contribution in [0.1, 0.15) is 5.56 Å². The first kappa shape index (κ1) is 16.7. The zero-order valence-corrected chi connectivity index (χ0v) is 15.0. The molecule has 0 unspecified atom stereocenters. The summed E-state index contributed by atoms with van der Waals surface area (Å²) in [6, 6.07) is 11.6. The van der Waals surface area contributed by atoms with Gasteiger partial charge in [-0.2, -0.15) is 9.50 Å². The van der Waals surface area contributed by atoms with Crippen LogP contribution < -0.4 is 14.8 Å². The van der Waals surface area contributed by atoms with Crippen molar-refractivity contribution in [3.63, 3.8) is 0 Å². The quantitative estimate of drug-likeness (QED) is 0.542. The summed E-state index contributed by atoms with van der Waals surface area (Å²) in [5, 5.41) is 4.50. The number of fused-ring (bicyclic) bond motifs is 1. The highest BCUT2D eigenvalue weighted by Gasteiger charge is 2.13. The first-order valence-electron chi connectivity index (χ1n) is 7.56. The predicted octanol–water partition coefficient (Wildman–Crippen LogP) is 3.17. The molecular weight excluding hydrogens is 377 g/mol. The Morgan fingerprint density at radius 1 is 1.23 bits per heavy atom. The van der Waals surface area contributed by atoms with Gasteiger partial charge in [-0.15, -0.1) is 5.10 Å². The normalized spacial score (nSPS) is 12.0. The molecule has 2 aromatic heterocycles. The number of hydrogen-bond donors (Lipinski definition) is 0. The molecule has 0 spiro atoms. The summed E-state index contributed by atoms with van der Waals surface area (Å²) in [6.07, 6.45) is 1.42. The summed E-state index contributed by atoms with van der Waals surface area (Å²) >= 11 is 7.15. The molecule has 4 rings (SSSR count). The second-order valence-corrected chi connectivity index (χ2v) is 6.83. The minimum atomic E-state index is -0.491. The van der Waals surface area contributed by atoms with E-state index in [1.165, 1.54) is 22.7 Å². The van der Waals surface area contributed by atoms with Crippen molar-refractivity contribution in [1.82, 2.24) is 14.6 Å². The molecule has 0 aliphatic rings. The molecule has 0 fully saturated rings. The maximum Gasteiger partial charge on any atom is 0.291 e. The van der Waals surface area contributed by atoms with Gasteiger partial charge in [0.15, 0.2) is 5.82 Å². The van der Waals surface area contributed by atoms with Crippen molar-refractivity contribution in [3.05, 3.63) is 73.8 Å². The summed E-state index contributed by atoms with van der Waals surface area (Å²) in [7, 11) is 1.59. The molecular formula is C18H11ClFN3O2S. The molecule has 0 saturated heterocycles. The van der Waals surface area contributed by atoms with E-state index in [4.69, 9.17) is 16.3 Å². The molecule has 0 radical (unpaired) electrons. The number of rotatable bonds is 3. The van der Waals surface area contributed by atoms with Gasteiger partial charge in [0, 0.05) is 11.1 Å². The van der Waals surface area contributed by atoms with Crippen LogP contribution in [-0.4, -0.2) is 21.7 Å². The smallest absolute Gasteiger partial charge is 0.291 e. The van der Waals surface area contributed by atoms with E-state index in [1.807, 2.05) is 12.1 Å². The molecule has 2 heterocycles. The van der Waals surface area contributed by atoms with Crippen molar-refractivity contribution in [2.75, 3.05) is 7.11 Å². The van der Waals surface area contributed by atoms with Gasteiger partial charge in [-0.25, -0.2) is 4.39 Å². The van der Waals surface area contributed by atoms with Crippen LogP contribution in [0.15, 0.2) is 47.3 Å². The van der Waals surface area contributed by atoms with E-state index in [2.05, 4.69) is 10.1 Å². The second kappa shape index (κ2) is 6.51. The van der Waals surface area contributed by atoms with Gasteiger partial charge < -0.3 is 4.74 Å². The molecule has 26 heavy (non-hydrogen) atoms. The van der Waals surface area contributed by atoms with Crippen molar-refractivity contribution in [2.45, 2.75) is 0 Å². The summed E-state index contributed by atoms with van der Waals surface area (Å²) in [4.78, 5) is 17.4. The number of thiazole rings is 1. The lowest BCUT2D eigenvalue weighted by Gasteiger charge is -1.99. The fourth-order valence-corrected chi connectivity index (χ4v) is 3.58. The van der Waals surface area contributed by atoms with Gasteiger partial charge in [0.25, 0.3) is 5.56 Å². The largest absolute Gasteiger partial charge is 0.497 e. The van der Waals surface area contributed by atoms with Gasteiger partial charge in [-0.1, -0.05) is 29.0 Å². The van der Waals surface area contributed by atoms with Crippen molar-refractivity contribution in [1.29, 1.82) is 0 Å². The van der Waals surface area contributed by atoms with E-state index in [0.29, 0.717) is 15.3 Å². The van der Waals surface area contributed by atoms with Crippen LogP contribution in [0.3, 0.4) is 0 Å². The van der Waals surface area contributed by atoms with Crippen molar-refractivity contribution in [2.24, 2.45) is 0 Å². The lowest BCUT2D eigenvalue weighted by molar-refractivity contribution is 0.415. The number of methoxy groups -OCH3 is 1. The zero-order chi connectivity index (χ0) is 18.3. The summed E-state index contributed by atoms with van der Waals surface area (Å²) in [6.45, 7) is 0. The van der Waals surface area contributed by atoms with Gasteiger partial charge >= 0.3 is 0 Å². The highest BCUT2D eigenvalue weighted by Crippen LogP contribution is 2.21. The predicted molar refractivity (Wildman–Crippen MR) is 99.3 cm³/mol. The average Bonchev–Trinajstić information content (AvgIpc) is 3.18. The van der Waals surface area contributed by atoms with Crippen molar-refractivity contribution < 1.29 is 9.13 Å². The Kier molecular flexibility index (Phi) is 4.18. The van der Waals surface area contributed by atoms with Gasteiger partial charge in [0.1, 0.15) is 11.6 Å². The number of nitrogens with zero attached hydrogens (tertiary/aromatic N) is 3. The first-order valence-corrected chi connectivity index (χ1v) is 8.76. The Morgan fingerprint density at radius 3 is 2.65 bits per heavy atom. The maximum absolute atomic E-state index is 13.9. The van der Waals surface area contributed by atoms with Crippen LogP contribution in [0.4, 0.5) is 4.39 Å². The first-order chi connectivity index (χ1) is 12.6. The van der Waals surface area contributed by atoms with Gasteiger partial charge in [-0.3, -0.25) is 4.79 Å². The number of halogens is 2. The molecule has 130 valence electrons. The van der Waals surface area contributed by atoms with E-state index < -0.39 is 5.82 Å². The van der Waals surface area contributed by atoms with Gasteiger partial charge in [0.2, 0.25) is 4.96 Å². The van der Waals surface area contributed by atoms with E-state index in [9.17, 15) is 9.18 Å². The van der Waals surface area contributed by atoms with E-state index in [-0.39, 0.29) is 16.1 Å².